The zero-order valence-electron chi connectivity index (χ0n) is 39.4. The Labute approximate surface area is 293 Å². The van der Waals surface area contributed by atoms with Crippen molar-refractivity contribution < 1.29 is 25.0 Å². The van der Waals surface area contributed by atoms with E-state index in [0.29, 0.717) is 38.2 Å². The molecule has 0 bridgehead atoms. The van der Waals surface area contributed by atoms with Crippen molar-refractivity contribution in [2.24, 2.45) is 0 Å². The third-order valence-corrected chi connectivity index (χ3v) is 8.56. The van der Waals surface area contributed by atoms with Crippen LogP contribution in [0.4, 0.5) is 0 Å². The van der Waals surface area contributed by atoms with E-state index in [1.54, 1.807) is 78.9 Å². The highest BCUT2D eigenvalue weighted by atomic mass is 16.3. The van der Waals surface area contributed by atoms with Crippen LogP contribution in [-0.2, 0) is 0 Å². The summed E-state index contributed by atoms with van der Waals surface area (Å²) in [5.41, 5.74) is 0.778. The molecule has 9 aromatic carbocycles. The zero-order valence-corrected chi connectivity index (χ0v) is 24.4. The average Bonchev–Trinajstić information content (AvgIpc) is 3.68. The van der Waals surface area contributed by atoms with E-state index < -0.39 is 54.4 Å². The molecule has 0 aliphatic carbocycles. The normalized spacial score (nSPS) is 16.3. The van der Waals surface area contributed by atoms with Crippen LogP contribution in [0.3, 0.4) is 0 Å². The average molecular weight is 612 g/mol. The van der Waals surface area contributed by atoms with Gasteiger partial charge in [0.1, 0.15) is 11.2 Å². The monoisotopic (exact) mass is 611 g/mol. The van der Waals surface area contributed by atoms with E-state index in [4.69, 9.17) is 16.8 Å². The lowest BCUT2D eigenvalue weighted by Crippen LogP contribution is -1.91. The van der Waals surface area contributed by atoms with Crippen molar-refractivity contribution in [3.8, 4) is 33.4 Å². The fourth-order valence-electron chi connectivity index (χ4n) is 6.45. The van der Waals surface area contributed by atoms with E-state index in [2.05, 4.69) is 0 Å². The molecule has 1 heterocycles. The summed E-state index contributed by atoms with van der Waals surface area (Å²) < 4.78 is 142. The molecule has 1 aromatic heterocycles. The van der Waals surface area contributed by atoms with Crippen LogP contribution in [0.25, 0.3) is 98.4 Å². The van der Waals surface area contributed by atoms with Gasteiger partial charge in [0, 0.05) is 16.2 Å². The molecule has 0 unspecified atom stereocenters. The van der Waals surface area contributed by atoms with Crippen molar-refractivity contribution in [3.63, 3.8) is 0 Å². The Balaban J connectivity index is 1.33. The number of furan rings is 1. The van der Waals surface area contributed by atoms with Crippen LogP contribution in [-0.4, -0.2) is 0 Å². The Morgan fingerprint density at radius 1 is 0.362 bits per heavy atom. The van der Waals surface area contributed by atoms with Gasteiger partial charge in [0.25, 0.3) is 0 Å². The summed E-state index contributed by atoms with van der Waals surface area (Å²) in [4.78, 5) is 0. The van der Waals surface area contributed by atoms with Crippen LogP contribution in [0.2, 0.25) is 0 Å². The lowest BCUT2D eigenvalue weighted by Gasteiger charge is -2.18. The van der Waals surface area contributed by atoms with Crippen LogP contribution in [0, 0.1) is 0 Å². The SMILES string of the molecule is [2H]c1c(-c2c3ccccc3c(-c3c([2H])c([2H])c4c(oc5c6c([2H])c([2H])c([2H])c([2H])c6c([2H])c([2H])c54)c3[2H])c3ccccc23)c([2H])c2c([2H])c([2H])c(-c3ccccc3)c([2H])c2c1[2H]. The van der Waals surface area contributed by atoms with Crippen molar-refractivity contribution >= 4 is 65.0 Å². The van der Waals surface area contributed by atoms with Crippen LogP contribution in [0.5, 0.6) is 0 Å². The molecule has 1 heteroatoms. The first-order chi connectivity index (χ1) is 29.6. The van der Waals surface area contributed by atoms with Crippen molar-refractivity contribution in [1.29, 1.82) is 0 Å². The first-order valence-corrected chi connectivity index (χ1v) is 15.0. The summed E-state index contributed by atoms with van der Waals surface area (Å²) in [6, 6.07) is 16.0. The molecule has 1 nitrogen and oxygen atoms in total. The quantitative estimate of drug-likeness (QED) is 0.181. The van der Waals surface area contributed by atoms with Gasteiger partial charge in [0.2, 0.25) is 0 Å². The number of rotatable bonds is 3. The molecule has 0 N–H and O–H groups in total. The molecule has 218 valence electrons. The topological polar surface area (TPSA) is 13.1 Å². The van der Waals surface area contributed by atoms with E-state index in [-0.39, 0.29) is 96.4 Å². The van der Waals surface area contributed by atoms with E-state index >= 15 is 0 Å². The van der Waals surface area contributed by atoms with Crippen molar-refractivity contribution in [3.05, 3.63) is 169 Å². The molecule has 47 heavy (non-hydrogen) atoms. The third-order valence-electron chi connectivity index (χ3n) is 8.56. The van der Waals surface area contributed by atoms with Crippen molar-refractivity contribution in [2.75, 3.05) is 0 Å². The largest absolute Gasteiger partial charge is 0.455 e. The third kappa shape index (κ3) is 4.03. The maximum absolute atomic E-state index is 9.65. The molecular weight excluding hydrogens is 569 g/mol. The van der Waals surface area contributed by atoms with E-state index in [9.17, 15) is 8.22 Å². The Bertz CT molecular complexity index is 3630. The van der Waals surface area contributed by atoms with Gasteiger partial charge in [-0.05, 0) is 101 Å². The molecule has 0 radical (unpaired) electrons. The second-order valence-electron chi connectivity index (χ2n) is 11.2. The first kappa shape index (κ1) is 15.4. The molecule has 0 aliphatic rings. The maximum atomic E-state index is 9.65. The molecule has 0 amide bonds. The molecule has 0 spiro atoms. The van der Waals surface area contributed by atoms with Gasteiger partial charge < -0.3 is 4.42 Å². The van der Waals surface area contributed by atoms with Gasteiger partial charge in [-0.2, -0.15) is 0 Å². The fourth-order valence-corrected chi connectivity index (χ4v) is 6.45. The van der Waals surface area contributed by atoms with Gasteiger partial charge in [0.05, 0.1) is 20.6 Å². The van der Waals surface area contributed by atoms with Gasteiger partial charge in [-0.15, -0.1) is 0 Å². The van der Waals surface area contributed by atoms with E-state index in [1.165, 1.54) is 0 Å². The Morgan fingerprint density at radius 3 is 1.60 bits per heavy atom. The minimum atomic E-state index is -0.594. The fraction of sp³-hybridized carbons (Fsp3) is 0. The zero-order chi connectivity index (χ0) is 44.0. The number of benzene rings is 9. The Kier molecular flexibility index (Phi) is 3.33. The van der Waals surface area contributed by atoms with Gasteiger partial charge >= 0.3 is 0 Å². The van der Waals surface area contributed by atoms with E-state index in [1.807, 2.05) is 0 Å². The molecule has 10 aromatic rings. The minimum absolute atomic E-state index is 0.0158. The predicted molar refractivity (Wildman–Crippen MR) is 200 cm³/mol. The summed E-state index contributed by atoms with van der Waals surface area (Å²) in [7, 11) is 0. The highest BCUT2D eigenvalue weighted by Gasteiger charge is 2.18. The molecule has 0 saturated heterocycles. The standard InChI is InChI=1S/C46H28O/c1-2-10-29(11-3-1)31-18-19-33-27-34(21-20-32(33)26-31)44-38-14-6-8-16-40(38)45(41-17-9-7-15-39(41)44)35-23-24-37-42-25-22-30-12-4-5-13-36(30)46(42)47-43(37)28-35/h1-28H/i4D,5D,12D,13D,18D,19D,20D,21D,22D,23D,24D,25D,26D,27D,28D. The highest BCUT2D eigenvalue weighted by molar-refractivity contribution is 6.23. The summed E-state index contributed by atoms with van der Waals surface area (Å²) in [5, 5.41) is 0.857. The van der Waals surface area contributed by atoms with Crippen LogP contribution in [0.1, 0.15) is 20.6 Å². The van der Waals surface area contributed by atoms with Crippen molar-refractivity contribution in [2.45, 2.75) is 0 Å². The van der Waals surface area contributed by atoms with Gasteiger partial charge in [0.15, 0.2) is 0 Å². The van der Waals surface area contributed by atoms with Gasteiger partial charge in [-0.3, -0.25) is 0 Å². The second kappa shape index (κ2) is 10.2. The molecular formula is C46H28O. The molecule has 0 atom stereocenters. The van der Waals surface area contributed by atoms with Crippen molar-refractivity contribution in [1.82, 2.24) is 0 Å². The van der Waals surface area contributed by atoms with Crippen LogP contribution < -0.4 is 0 Å². The summed E-state index contributed by atoms with van der Waals surface area (Å²) in [6.07, 6.45) is 0. The lowest BCUT2D eigenvalue weighted by molar-refractivity contribution is 0.673. The van der Waals surface area contributed by atoms with Crippen LogP contribution in [0.15, 0.2) is 174 Å². The van der Waals surface area contributed by atoms with Gasteiger partial charge in [-0.25, -0.2) is 0 Å². The molecule has 0 fully saturated rings. The molecule has 10 rings (SSSR count). The minimum Gasteiger partial charge on any atom is -0.455 e. The number of hydrogen-bond donors (Lipinski definition) is 0. The maximum Gasteiger partial charge on any atom is 0.143 e. The van der Waals surface area contributed by atoms with Gasteiger partial charge in [-0.1, -0.05) is 139 Å². The molecule has 0 aliphatic heterocycles. The summed E-state index contributed by atoms with van der Waals surface area (Å²) >= 11 is 0. The first-order valence-electron chi connectivity index (χ1n) is 22.5. The number of hydrogen-bond acceptors (Lipinski definition) is 1. The summed E-state index contributed by atoms with van der Waals surface area (Å²) in [5.74, 6) is 0. The number of fused-ring (bicyclic) bond motifs is 8. The highest BCUT2D eigenvalue weighted by Crippen LogP contribution is 2.45. The summed E-state index contributed by atoms with van der Waals surface area (Å²) in [6.45, 7) is 0. The smallest absolute Gasteiger partial charge is 0.143 e. The van der Waals surface area contributed by atoms with Crippen LogP contribution >= 0.6 is 0 Å². The van der Waals surface area contributed by atoms with E-state index in [0.717, 1.165) is 0 Å². The lowest BCUT2D eigenvalue weighted by atomic mass is 9.85. The predicted octanol–water partition coefficient (Wildman–Crippen LogP) is 13.2. The Morgan fingerprint density at radius 2 is 0.894 bits per heavy atom. The second-order valence-corrected chi connectivity index (χ2v) is 11.2. The Hall–Kier alpha value is -6.18. The molecule has 0 saturated carbocycles.